The van der Waals surface area contributed by atoms with Gasteiger partial charge in [-0.1, -0.05) is 30.3 Å². The van der Waals surface area contributed by atoms with E-state index in [2.05, 4.69) is 4.90 Å². The van der Waals surface area contributed by atoms with Gasteiger partial charge in [0, 0.05) is 19.0 Å². The molecule has 2 bridgehead atoms. The fraction of sp³-hybridized carbons (Fsp3) is 0.357. The molecule has 3 heterocycles. The third-order valence-electron chi connectivity index (χ3n) is 3.56. The van der Waals surface area contributed by atoms with Gasteiger partial charge in [-0.05, 0) is 24.5 Å². The van der Waals surface area contributed by atoms with E-state index >= 15 is 0 Å². The lowest BCUT2D eigenvalue weighted by molar-refractivity contribution is -0.125. The number of ketones is 1. The molecule has 0 N–H and O–H groups in total. The van der Waals surface area contributed by atoms with Crippen LogP contribution in [0, 0.1) is 5.92 Å². The number of hydrogen-bond donors (Lipinski definition) is 0. The minimum atomic E-state index is 0.292. The second kappa shape index (κ2) is 3.78. The van der Waals surface area contributed by atoms with Gasteiger partial charge in [-0.15, -0.1) is 0 Å². The van der Waals surface area contributed by atoms with Gasteiger partial charge in [-0.2, -0.15) is 0 Å². The summed E-state index contributed by atoms with van der Waals surface area (Å²) < 4.78 is 0. The molecule has 2 nitrogen and oxygen atoms in total. The first-order valence-electron chi connectivity index (χ1n) is 5.90. The van der Waals surface area contributed by atoms with Gasteiger partial charge in [0.05, 0.1) is 5.70 Å². The van der Waals surface area contributed by atoms with Crippen molar-refractivity contribution in [2.75, 3.05) is 13.1 Å². The summed E-state index contributed by atoms with van der Waals surface area (Å²) in [5.74, 6) is 0.640. The highest BCUT2D eigenvalue weighted by molar-refractivity contribution is 6.01. The number of rotatable bonds is 1. The van der Waals surface area contributed by atoms with Crippen molar-refractivity contribution < 1.29 is 4.79 Å². The van der Waals surface area contributed by atoms with Crippen molar-refractivity contribution in [3.63, 3.8) is 0 Å². The SMILES string of the molecule is O=C1/C(=C/c2ccccc2)N2CCC1CC2. The highest BCUT2D eigenvalue weighted by atomic mass is 16.1. The van der Waals surface area contributed by atoms with Crippen LogP contribution < -0.4 is 0 Å². The first kappa shape index (κ1) is 9.64. The quantitative estimate of drug-likeness (QED) is 0.667. The Bertz CT molecular complexity index is 427. The topological polar surface area (TPSA) is 20.3 Å². The van der Waals surface area contributed by atoms with Crippen molar-refractivity contribution in [2.24, 2.45) is 5.92 Å². The number of hydrogen-bond acceptors (Lipinski definition) is 2. The largest absolute Gasteiger partial charge is 0.369 e. The van der Waals surface area contributed by atoms with Crippen LogP contribution in [0.2, 0.25) is 0 Å². The molecular weight excluding hydrogens is 198 g/mol. The monoisotopic (exact) mass is 213 g/mol. The molecule has 3 aliphatic heterocycles. The van der Waals surface area contributed by atoms with Gasteiger partial charge < -0.3 is 4.90 Å². The van der Waals surface area contributed by atoms with E-state index in [1.807, 2.05) is 36.4 Å². The van der Waals surface area contributed by atoms with E-state index in [1.165, 1.54) is 0 Å². The van der Waals surface area contributed by atoms with Gasteiger partial charge in [0.25, 0.3) is 0 Å². The fourth-order valence-electron chi connectivity index (χ4n) is 2.62. The third-order valence-corrected chi connectivity index (χ3v) is 3.56. The van der Waals surface area contributed by atoms with Gasteiger partial charge >= 0.3 is 0 Å². The first-order valence-corrected chi connectivity index (χ1v) is 5.90. The van der Waals surface area contributed by atoms with E-state index in [9.17, 15) is 4.79 Å². The number of carbonyl (C=O) groups is 1. The molecule has 82 valence electrons. The Morgan fingerprint density at radius 2 is 1.81 bits per heavy atom. The minimum absolute atomic E-state index is 0.292. The normalized spacial score (nSPS) is 23.1. The zero-order chi connectivity index (χ0) is 11.0. The maximum absolute atomic E-state index is 12.1. The number of carbonyl (C=O) groups excluding carboxylic acids is 1. The second-order valence-electron chi connectivity index (χ2n) is 4.57. The maximum atomic E-state index is 12.1. The molecule has 1 aromatic rings. The predicted octanol–water partition coefficient (Wildman–Crippen LogP) is 2.32. The summed E-state index contributed by atoms with van der Waals surface area (Å²) in [5.41, 5.74) is 2.05. The molecule has 0 saturated carbocycles. The number of allylic oxidation sites excluding steroid dienone is 1. The molecule has 0 radical (unpaired) electrons. The molecule has 0 amide bonds. The van der Waals surface area contributed by atoms with Crippen LogP contribution in [0.3, 0.4) is 0 Å². The molecule has 0 aliphatic carbocycles. The predicted molar refractivity (Wildman–Crippen MR) is 63.7 cm³/mol. The van der Waals surface area contributed by atoms with E-state index < -0.39 is 0 Å². The minimum Gasteiger partial charge on any atom is -0.369 e. The lowest BCUT2D eigenvalue weighted by Crippen LogP contribution is -2.45. The molecular formula is C14H15NO. The summed E-state index contributed by atoms with van der Waals surface area (Å²) in [7, 11) is 0. The van der Waals surface area contributed by atoms with Crippen molar-refractivity contribution >= 4 is 11.9 Å². The van der Waals surface area contributed by atoms with Gasteiger partial charge in [0.15, 0.2) is 5.78 Å². The second-order valence-corrected chi connectivity index (χ2v) is 4.57. The third kappa shape index (κ3) is 1.54. The molecule has 0 atom stereocenters. The highest BCUT2D eigenvalue weighted by Crippen LogP contribution is 2.32. The molecule has 0 unspecified atom stereocenters. The van der Waals surface area contributed by atoms with E-state index in [1.54, 1.807) is 0 Å². The van der Waals surface area contributed by atoms with Gasteiger partial charge in [0.2, 0.25) is 0 Å². The summed E-state index contributed by atoms with van der Waals surface area (Å²) >= 11 is 0. The Balaban J connectivity index is 1.95. The van der Waals surface area contributed by atoms with Crippen LogP contribution >= 0.6 is 0 Å². The molecule has 16 heavy (non-hydrogen) atoms. The molecule has 3 aliphatic rings. The number of benzene rings is 1. The van der Waals surface area contributed by atoms with E-state index in [0.717, 1.165) is 37.2 Å². The molecule has 0 aromatic heterocycles. The van der Waals surface area contributed by atoms with E-state index in [4.69, 9.17) is 0 Å². The van der Waals surface area contributed by atoms with Crippen molar-refractivity contribution in [1.29, 1.82) is 0 Å². The summed E-state index contributed by atoms with van der Waals surface area (Å²) in [6.07, 6.45) is 4.13. The average Bonchev–Trinajstić information content (AvgIpc) is 2.36. The standard InChI is InChI=1S/C14H15NO/c16-14-12-6-8-15(9-7-12)13(14)10-11-4-2-1-3-5-11/h1-5,10,12H,6-9H2/b13-10-. The van der Waals surface area contributed by atoms with Crippen LogP contribution in [-0.2, 0) is 4.79 Å². The number of piperidine rings is 3. The summed E-state index contributed by atoms with van der Waals surface area (Å²) in [6, 6.07) is 10.1. The Kier molecular flexibility index (Phi) is 2.28. The molecule has 1 aromatic carbocycles. The van der Waals surface area contributed by atoms with Crippen LogP contribution in [0.25, 0.3) is 6.08 Å². The van der Waals surface area contributed by atoms with E-state index in [-0.39, 0.29) is 0 Å². The van der Waals surface area contributed by atoms with E-state index in [0.29, 0.717) is 11.7 Å². The average molecular weight is 213 g/mol. The van der Waals surface area contributed by atoms with Crippen LogP contribution in [0.5, 0.6) is 0 Å². The zero-order valence-corrected chi connectivity index (χ0v) is 9.23. The Morgan fingerprint density at radius 1 is 1.12 bits per heavy atom. The highest BCUT2D eigenvalue weighted by Gasteiger charge is 2.36. The Morgan fingerprint density at radius 3 is 2.44 bits per heavy atom. The van der Waals surface area contributed by atoms with Crippen LogP contribution in [-0.4, -0.2) is 23.8 Å². The molecule has 4 rings (SSSR count). The van der Waals surface area contributed by atoms with Crippen molar-refractivity contribution in [2.45, 2.75) is 12.8 Å². The molecule has 0 spiro atoms. The lowest BCUT2D eigenvalue weighted by atomic mass is 9.84. The molecule has 3 fully saturated rings. The van der Waals surface area contributed by atoms with Gasteiger partial charge in [0.1, 0.15) is 0 Å². The number of fused-ring (bicyclic) bond motifs is 3. The maximum Gasteiger partial charge on any atom is 0.182 e. The van der Waals surface area contributed by atoms with Gasteiger partial charge in [-0.3, -0.25) is 4.79 Å². The Hall–Kier alpha value is -1.57. The Labute approximate surface area is 95.6 Å². The fourth-order valence-corrected chi connectivity index (χ4v) is 2.62. The summed E-state index contributed by atoms with van der Waals surface area (Å²) in [5, 5.41) is 0. The van der Waals surface area contributed by atoms with Crippen LogP contribution in [0.4, 0.5) is 0 Å². The number of Topliss-reactive ketones (excluding diaryl/α,β-unsaturated/α-hetero) is 1. The smallest absolute Gasteiger partial charge is 0.182 e. The van der Waals surface area contributed by atoms with Crippen molar-refractivity contribution in [3.05, 3.63) is 41.6 Å². The van der Waals surface area contributed by atoms with Gasteiger partial charge in [-0.25, -0.2) is 0 Å². The van der Waals surface area contributed by atoms with Crippen LogP contribution in [0.15, 0.2) is 36.0 Å². The zero-order valence-electron chi connectivity index (χ0n) is 9.23. The first-order chi connectivity index (χ1) is 7.84. The number of nitrogens with zero attached hydrogens (tertiary/aromatic N) is 1. The van der Waals surface area contributed by atoms with Crippen LogP contribution in [0.1, 0.15) is 18.4 Å². The van der Waals surface area contributed by atoms with Crippen molar-refractivity contribution in [3.8, 4) is 0 Å². The molecule has 3 saturated heterocycles. The van der Waals surface area contributed by atoms with Crippen molar-refractivity contribution in [1.82, 2.24) is 4.90 Å². The lowest BCUT2D eigenvalue weighted by Gasteiger charge is -2.41. The summed E-state index contributed by atoms with van der Waals surface area (Å²) in [4.78, 5) is 14.3. The molecule has 2 heteroatoms. The summed E-state index contributed by atoms with van der Waals surface area (Å²) in [6.45, 7) is 2.10.